The van der Waals surface area contributed by atoms with Gasteiger partial charge in [-0.25, -0.2) is 0 Å². The molecule has 0 aromatic heterocycles. The fourth-order valence-corrected chi connectivity index (χ4v) is 2.81. The quantitative estimate of drug-likeness (QED) is 0.676. The molecule has 2 N–H and O–H groups in total. The lowest BCUT2D eigenvalue weighted by Gasteiger charge is -2.13. The Kier molecular flexibility index (Phi) is 8.04. The van der Waals surface area contributed by atoms with Crippen LogP contribution in [0, 0.1) is 0 Å². The summed E-state index contributed by atoms with van der Waals surface area (Å²) in [7, 11) is 1.57. The van der Waals surface area contributed by atoms with Crippen LogP contribution in [0.1, 0.15) is 18.1 Å². The van der Waals surface area contributed by atoms with Crippen molar-refractivity contribution >= 4 is 29.1 Å². The summed E-state index contributed by atoms with van der Waals surface area (Å²) in [5, 5.41) is 7.26. The third kappa shape index (κ3) is 6.09. The van der Waals surface area contributed by atoms with E-state index in [2.05, 4.69) is 10.6 Å². The number of carbonyl (C=O) groups excluding carboxylic acids is 1. The minimum atomic E-state index is -0.167. The van der Waals surface area contributed by atoms with Gasteiger partial charge in [0.2, 0.25) is 0 Å². The molecule has 0 saturated carbocycles. The molecule has 0 aliphatic rings. The number of likely N-dealkylation sites (N-methyl/N-ethyl adjacent to an activating group) is 1. The molecular weight excluding hydrogens is 375 g/mol. The van der Waals surface area contributed by atoms with Crippen LogP contribution >= 0.6 is 23.2 Å². The second-order valence-corrected chi connectivity index (χ2v) is 6.41. The summed E-state index contributed by atoms with van der Waals surface area (Å²) in [6, 6.07) is 11.0. The van der Waals surface area contributed by atoms with Crippen LogP contribution in [0.5, 0.6) is 11.5 Å². The molecular formula is C19H22Cl2N2O3. The van der Waals surface area contributed by atoms with E-state index in [0.29, 0.717) is 41.2 Å². The van der Waals surface area contributed by atoms with Gasteiger partial charge >= 0.3 is 0 Å². The van der Waals surface area contributed by atoms with E-state index in [-0.39, 0.29) is 12.5 Å². The molecule has 0 atom stereocenters. The minimum Gasteiger partial charge on any atom is -0.493 e. The molecule has 2 rings (SSSR count). The smallest absolute Gasteiger partial charge is 0.257 e. The minimum absolute atomic E-state index is 0.0448. The van der Waals surface area contributed by atoms with Crippen LogP contribution in [-0.2, 0) is 17.9 Å². The zero-order chi connectivity index (χ0) is 18.9. The summed E-state index contributed by atoms with van der Waals surface area (Å²) in [5.74, 6) is 0.946. The zero-order valence-corrected chi connectivity index (χ0v) is 16.3. The molecule has 0 saturated heterocycles. The summed E-state index contributed by atoms with van der Waals surface area (Å²) in [4.78, 5) is 11.5. The Hall–Kier alpha value is -1.95. The number of amides is 1. The first-order valence-corrected chi connectivity index (χ1v) is 9.00. The van der Waals surface area contributed by atoms with Gasteiger partial charge in [-0.1, -0.05) is 35.3 Å². The van der Waals surface area contributed by atoms with Crippen LogP contribution in [0.4, 0.5) is 0 Å². The monoisotopic (exact) mass is 396 g/mol. The van der Waals surface area contributed by atoms with Gasteiger partial charge in [0.05, 0.1) is 7.11 Å². The molecule has 0 unspecified atom stereocenters. The topological polar surface area (TPSA) is 59.6 Å². The van der Waals surface area contributed by atoms with E-state index >= 15 is 0 Å². The average molecular weight is 397 g/mol. The molecule has 2 aromatic carbocycles. The molecule has 26 heavy (non-hydrogen) atoms. The Morgan fingerprint density at radius 3 is 2.58 bits per heavy atom. The van der Waals surface area contributed by atoms with Crippen LogP contribution in [0.2, 0.25) is 10.0 Å². The predicted molar refractivity (Wildman–Crippen MR) is 104 cm³/mol. The van der Waals surface area contributed by atoms with Gasteiger partial charge in [-0.3, -0.25) is 4.79 Å². The Morgan fingerprint density at radius 2 is 1.88 bits per heavy atom. The summed E-state index contributed by atoms with van der Waals surface area (Å²) in [6.07, 6.45) is 0. The third-order valence-corrected chi connectivity index (χ3v) is 4.21. The van der Waals surface area contributed by atoms with E-state index < -0.39 is 0 Å². The molecule has 0 radical (unpaired) electrons. The maximum atomic E-state index is 11.5. The van der Waals surface area contributed by atoms with Crippen LogP contribution in [0.25, 0.3) is 0 Å². The van der Waals surface area contributed by atoms with E-state index in [9.17, 15) is 4.79 Å². The van der Waals surface area contributed by atoms with Crippen LogP contribution in [-0.4, -0.2) is 26.2 Å². The largest absolute Gasteiger partial charge is 0.493 e. The number of hydrogen-bond donors (Lipinski definition) is 2. The summed E-state index contributed by atoms with van der Waals surface area (Å²) in [5.41, 5.74) is 2.00. The van der Waals surface area contributed by atoms with Gasteiger partial charge in [0.25, 0.3) is 5.91 Å². The highest BCUT2D eigenvalue weighted by Gasteiger charge is 2.08. The third-order valence-electron chi connectivity index (χ3n) is 3.62. The Labute approximate surface area is 163 Å². The van der Waals surface area contributed by atoms with E-state index in [4.69, 9.17) is 32.7 Å². The van der Waals surface area contributed by atoms with E-state index in [1.165, 1.54) is 0 Å². The summed E-state index contributed by atoms with van der Waals surface area (Å²) < 4.78 is 10.9. The van der Waals surface area contributed by atoms with Crippen LogP contribution in [0.3, 0.4) is 0 Å². The Bertz CT molecular complexity index is 754. The van der Waals surface area contributed by atoms with Crippen LogP contribution in [0.15, 0.2) is 36.4 Å². The van der Waals surface area contributed by atoms with E-state index in [0.717, 1.165) is 11.1 Å². The highest BCUT2D eigenvalue weighted by atomic mass is 35.5. The number of carbonyl (C=O) groups is 1. The number of nitrogens with one attached hydrogen (secondary N) is 2. The highest BCUT2D eigenvalue weighted by molar-refractivity contribution is 6.35. The van der Waals surface area contributed by atoms with Gasteiger partial charge in [-0.05, 0) is 42.3 Å². The van der Waals surface area contributed by atoms with Crippen molar-refractivity contribution in [3.8, 4) is 11.5 Å². The Morgan fingerprint density at radius 1 is 1.08 bits per heavy atom. The molecule has 140 valence electrons. The van der Waals surface area contributed by atoms with E-state index in [1.54, 1.807) is 19.2 Å². The number of hydrogen-bond acceptors (Lipinski definition) is 4. The Balaban J connectivity index is 1.92. The first-order valence-electron chi connectivity index (χ1n) is 8.24. The fourth-order valence-electron chi connectivity index (χ4n) is 2.34. The number of halogens is 2. The van der Waals surface area contributed by atoms with Gasteiger partial charge in [0, 0.05) is 29.7 Å². The molecule has 0 bridgehead atoms. The first kappa shape index (κ1) is 20.4. The van der Waals surface area contributed by atoms with E-state index in [1.807, 2.05) is 31.2 Å². The second kappa shape index (κ2) is 10.3. The molecule has 5 nitrogen and oxygen atoms in total. The lowest BCUT2D eigenvalue weighted by Crippen LogP contribution is -2.28. The summed E-state index contributed by atoms with van der Waals surface area (Å²) in [6.45, 7) is 3.63. The average Bonchev–Trinajstić information content (AvgIpc) is 2.62. The second-order valence-electron chi connectivity index (χ2n) is 5.57. The van der Waals surface area contributed by atoms with Crippen molar-refractivity contribution in [1.82, 2.24) is 10.6 Å². The molecule has 2 aromatic rings. The van der Waals surface area contributed by atoms with Gasteiger partial charge in [0.15, 0.2) is 18.1 Å². The van der Waals surface area contributed by atoms with Crippen LogP contribution < -0.4 is 20.1 Å². The molecule has 0 fully saturated rings. The van der Waals surface area contributed by atoms with Crippen molar-refractivity contribution < 1.29 is 14.3 Å². The molecule has 0 spiro atoms. The molecule has 0 aliphatic carbocycles. The lowest BCUT2D eigenvalue weighted by molar-refractivity contribution is -0.123. The van der Waals surface area contributed by atoms with Crippen molar-refractivity contribution in [2.45, 2.75) is 20.0 Å². The number of methoxy groups -OCH3 is 1. The normalized spacial score (nSPS) is 10.5. The number of rotatable bonds is 9. The molecule has 0 aliphatic heterocycles. The first-order chi connectivity index (χ1) is 12.5. The van der Waals surface area contributed by atoms with Crippen molar-refractivity contribution in [3.05, 3.63) is 57.6 Å². The van der Waals surface area contributed by atoms with Gasteiger partial charge in [-0.15, -0.1) is 0 Å². The molecule has 7 heteroatoms. The van der Waals surface area contributed by atoms with Gasteiger partial charge < -0.3 is 20.1 Å². The fraction of sp³-hybridized carbons (Fsp3) is 0.316. The van der Waals surface area contributed by atoms with Crippen molar-refractivity contribution in [2.24, 2.45) is 0 Å². The molecule has 1 amide bonds. The van der Waals surface area contributed by atoms with Crippen molar-refractivity contribution in [1.29, 1.82) is 0 Å². The number of benzene rings is 2. The van der Waals surface area contributed by atoms with Gasteiger partial charge in [0.1, 0.15) is 0 Å². The zero-order valence-electron chi connectivity index (χ0n) is 14.8. The number of ether oxygens (including phenoxy) is 2. The van der Waals surface area contributed by atoms with Crippen molar-refractivity contribution in [3.63, 3.8) is 0 Å². The predicted octanol–water partition coefficient (Wildman–Crippen LogP) is 3.81. The standard InChI is InChI=1S/C19H22Cl2N2O3/c1-3-23-19(24)12-26-17-7-4-13(8-18(17)25-2)10-22-11-14-5-6-15(20)9-16(14)21/h4-9,22H,3,10-12H2,1-2H3,(H,23,24). The maximum absolute atomic E-state index is 11.5. The highest BCUT2D eigenvalue weighted by Crippen LogP contribution is 2.28. The maximum Gasteiger partial charge on any atom is 0.257 e. The van der Waals surface area contributed by atoms with Gasteiger partial charge in [-0.2, -0.15) is 0 Å². The van der Waals surface area contributed by atoms with Crippen molar-refractivity contribution in [2.75, 3.05) is 20.3 Å². The lowest BCUT2D eigenvalue weighted by atomic mass is 10.2. The summed E-state index contributed by atoms with van der Waals surface area (Å²) >= 11 is 12.1. The SMILES string of the molecule is CCNC(=O)COc1ccc(CNCc2ccc(Cl)cc2Cl)cc1OC. The molecule has 0 heterocycles.